The molecule has 0 aliphatic heterocycles. The second-order valence-electron chi connectivity index (χ2n) is 10.2. The van der Waals surface area contributed by atoms with E-state index in [0.717, 1.165) is 23.7 Å². The number of hydrogen-bond acceptors (Lipinski definition) is 1. The third-order valence-electron chi connectivity index (χ3n) is 9.26. The molecule has 0 spiro atoms. The van der Waals surface area contributed by atoms with Gasteiger partial charge in [0.2, 0.25) is 0 Å². The zero-order valence-electron chi connectivity index (χ0n) is 15.6. The number of aromatic amines is 1. The molecule has 4 saturated carbocycles. The van der Waals surface area contributed by atoms with Crippen molar-refractivity contribution in [3.63, 3.8) is 0 Å². The number of nitrogens with zero attached hydrogens (tertiary/aromatic N) is 1. The van der Waals surface area contributed by atoms with Gasteiger partial charge in [-0.3, -0.25) is 0 Å². The molecule has 24 heavy (non-hydrogen) atoms. The average molecular weight is 327 g/mol. The van der Waals surface area contributed by atoms with Crippen LogP contribution in [0.15, 0.2) is 12.4 Å². The van der Waals surface area contributed by atoms with E-state index in [1.165, 1.54) is 70.0 Å². The minimum atomic E-state index is 0.580. The molecule has 1 N–H and O–H groups in total. The Hall–Kier alpha value is -0.790. The molecule has 0 amide bonds. The van der Waals surface area contributed by atoms with Gasteiger partial charge < -0.3 is 4.98 Å². The summed E-state index contributed by atoms with van der Waals surface area (Å²) in [6.45, 7) is 5.31. The molecule has 5 rings (SSSR count). The van der Waals surface area contributed by atoms with Crippen molar-refractivity contribution in [2.24, 2.45) is 34.5 Å². The van der Waals surface area contributed by atoms with Gasteiger partial charge >= 0.3 is 0 Å². The van der Waals surface area contributed by atoms with E-state index in [-0.39, 0.29) is 0 Å². The average Bonchev–Trinajstić information content (AvgIpc) is 3.20. The summed E-state index contributed by atoms with van der Waals surface area (Å²) in [6.07, 6.45) is 18.8. The Labute approximate surface area is 147 Å². The van der Waals surface area contributed by atoms with E-state index in [4.69, 9.17) is 0 Å². The van der Waals surface area contributed by atoms with Crippen LogP contribution in [-0.2, 0) is 0 Å². The van der Waals surface area contributed by atoms with E-state index < -0.39 is 0 Å². The summed E-state index contributed by atoms with van der Waals surface area (Å²) in [5.74, 6) is 5.96. The molecule has 0 aromatic carbocycles. The molecule has 0 radical (unpaired) electrons. The lowest BCUT2D eigenvalue weighted by molar-refractivity contribution is -0.103. The summed E-state index contributed by atoms with van der Waals surface area (Å²) in [7, 11) is 0. The maximum absolute atomic E-state index is 4.61. The molecule has 0 bridgehead atoms. The lowest BCUT2D eigenvalue weighted by Crippen LogP contribution is -2.51. The summed E-state index contributed by atoms with van der Waals surface area (Å²) in [5.41, 5.74) is 1.25. The molecule has 1 heterocycles. The van der Waals surface area contributed by atoms with Gasteiger partial charge in [0.15, 0.2) is 0 Å². The largest absolute Gasteiger partial charge is 0.348 e. The monoisotopic (exact) mass is 326 g/mol. The van der Waals surface area contributed by atoms with Gasteiger partial charge in [-0.15, -0.1) is 0 Å². The minimum absolute atomic E-state index is 0.580. The van der Waals surface area contributed by atoms with Crippen LogP contribution < -0.4 is 0 Å². The highest BCUT2D eigenvalue weighted by Crippen LogP contribution is 2.67. The summed E-state index contributed by atoms with van der Waals surface area (Å²) in [5, 5.41) is 0. The minimum Gasteiger partial charge on any atom is -0.348 e. The van der Waals surface area contributed by atoms with E-state index in [0.29, 0.717) is 16.7 Å². The lowest BCUT2D eigenvalue weighted by Gasteiger charge is -2.60. The molecule has 132 valence electrons. The molecule has 2 heteroatoms. The molecule has 4 aliphatic carbocycles. The fourth-order valence-corrected chi connectivity index (χ4v) is 8.06. The summed E-state index contributed by atoms with van der Waals surface area (Å²) < 4.78 is 0. The molecule has 1 aromatic rings. The Morgan fingerprint density at radius 3 is 2.79 bits per heavy atom. The van der Waals surface area contributed by atoms with Gasteiger partial charge in [-0.1, -0.05) is 26.7 Å². The number of fused-ring (bicyclic) bond motifs is 5. The zero-order chi connectivity index (χ0) is 16.4. The first-order valence-corrected chi connectivity index (χ1v) is 10.6. The van der Waals surface area contributed by atoms with Crippen LogP contribution in [0, 0.1) is 34.5 Å². The van der Waals surface area contributed by atoms with Gasteiger partial charge in [-0.2, -0.15) is 0 Å². The third kappa shape index (κ3) is 2.10. The van der Waals surface area contributed by atoms with Crippen LogP contribution in [-0.4, -0.2) is 9.97 Å². The van der Waals surface area contributed by atoms with Crippen LogP contribution >= 0.6 is 0 Å². The van der Waals surface area contributed by atoms with Gasteiger partial charge in [0.25, 0.3) is 0 Å². The van der Waals surface area contributed by atoms with Gasteiger partial charge in [-0.05, 0) is 85.9 Å². The predicted molar refractivity (Wildman–Crippen MR) is 97.7 cm³/mol. The van der Waals surface area contributed by atoms with E-state index in [1.807, 2.05) is 12.4 Å². The zero-order valence-corrected chi connectivity index (χ0v) is 15.6. The fraction of sp³-hybridized carbons (Fsp3) is 0.864. The maximum Gasteiger partial charge on any atom is 0.109 e. The molecule has 2 unspecified atom stereocenters. The van der Waals surface area contributed by atoms with Crippen LogP contribution in [0.5, 0.6) is 0 Å². The molecule has 7 atom stereocenters. The van der Waals surface area contributed by atoms with Crippen LogP contribution in [0.3, 0.4) is 0 Å². The highest BCUT2D eigenvalue weighted by molar-refractivity contribution is 5.12. The summed E-state index contributed by atoms with van der Waals surface area (Å²) in [6, 6.07) is 0. The Bertz CT molecular complexity index is 593. The number of hydrogen-bond donors (Lipinski definition) is 1. The van der Waals surface area contributed by atoms with Crippen LogP contribution in [0.2, 0.25) is 0 Å². The second kappa shape index (κ2) is 5.35. The maximum atomic E-state index is 4.61. The van der Waals surface area contributed by atoms with Crippen LogP contribution in [0.1, 0.15) is 89.8 Å². The van der Waals surface area contributed by atoms with Crippen molar-refractivity contribution in [2.75, 3.05) is 0 Å². The van der Waals surface area contributed by atoms with E-state index in [1.54, 1.807) is 0 Å². The number of imidazole rings is 1. The Kier molecular flexibility index (Phi) is 3.45. The van der Waals surface area contributed by atoms with Gasteiger partial charge in [0, 0.05) is 18.3 Å². The molecule has 4 aliphatic rings. The number of aromatic nitrogens is 2. The molecular formula is C22H34N2. The van der Waals surface area contributed by atoms with Crippen molar-refractivity contribution >= 4 is 0 Å². The van der Waals surface area contributed by atoms with Gasteiger partial charge in [0.05, 0.1) is 0 Å². The standard InChI is InChI=1S/C22H34N2/c1-21-10-8-18-17(7-6-16-5-3-4-9-22(16,18)2)19(21)13-15(14-21)20-23-11-12-24-20/h11-12,15-19H,3-10,13-14H2,1-2H3,(H,23,24)/t15?,16?,17-,18-,19+,21-,22+/m1/s1. The first-order valence-electron chi connectivity index (χ1n) is 10.6. The molecule has 2 nitrogen and oxygen atoms in total. The molecular weight excluding hydrogens is 292 g/mol. The third-order valence-corrected chi connectivity index (χ3v) is 9.26. The summed E-state index contributed by atoms with van der Waals surface area (Å²) >= 11 is 0. The van der Waals surface area contributed by atoms with Crippen LogP contribution in [0.4, 0.5) is 0 Å². The SMILES string of the molecule is C[C@]12CC[C@@H]3[C@@H](CCC4CCCC[C@@]43C)[C@@H]1CC(c1ncc[nH]1)C2. The fourth-order valence-electron chi connectivity index (χ4n) is 8.06. The summed E-state index contributed by atoms with van der Waals surface area (Å²) in [4.78, 5) is 8.03. The van der Waals surface area contributed by atoms with Crippen molar-refractivity contribution in [1.82, 2.24) is 9.97 Å². The van der Waals surface area contributed by atoms with Gasteiger partial charge in [0.1, 0.15) is 5.82 Å². The van der Waals surface area contributed by atoms with Crippen molar-refractivity contribution in [3.8, 4) is 0 Å². The Morgan fingerprint density at radius 1 is 1.04 bits per heavy atom. The van der Waals surface area contributed by atoms with E-state index in [9.17, 15) is 0 Å². The Morgan fingerprint density at radius 2 is 1.96 bits per heavy atom. The van der Waals surface area contributed by atoms with Gasteiger partial charge in [-0.25, -0.2) is 4.98 Å². The number of H-pyrrole nitrogens is 1. The van der Waals surface area contributed by atoms with Crippen molar-refractivity contribution in [1.29, 1.82) is 0 Å². The first-order chi connectivity index (χ1) is 11.6. The molecule has 1 aromatic heterocycles. The molecule has 4 fully saturated rings. The predicted octanol–water partition coefficient (Wildman–Crippen LogP) is 5.93. The van der Waals surface area contributed by atoms with Crippen molar-refractivity contribution in [2.45, 2.75) is 84.0 Å². The normalized spacial score (nSPS) is 50.8. The quantitative estimate of drug-likeness (QED) is 0.681. The highest BCUT2D eigenvalue weighted by atomic mass is 14.9. The first kappa shape index (κ1) is 15.5. The van der Waals surface area contributed by atoms with Crippen LogP contribution in [0.25, 0.3) is 0 Å². The van der Waals surface area contributed by atoms with E-state index >= 15 is 0 Å². The van der Waals surface area contributed by atoms with E-state index in [2.05, 4.69) is 23.8 Å². The Balaban J connectivity index is 1.43. The molecule has 0 saturated heterocycles. The van der Waals surface area contributed by atoms with Crippen molar-refractivity contribution < 1.29 is 0 Å². The number of nitrogens with one attached hydrogen (secondary N) is 1. The van der Waals surface area contributed by atoms with Crippen molar-refractivity contribution in [3.05, 3.63) is 18.2 Å². The second-order valence-corrected chi connectivity index (χ2v) is 10.2. The highest BCUT2D eigenvalue weighted by Gasteiger charge is 2.58. The lowest BCUT2D eigenvalue weighted by atomic mass is 9.45. The topological polar surface area (TPSA) is 28.7 Å². The smallest absolute Gasteiger partial charge is 0.109 e. The number of rotatable bonds is 1.